The summed E-state index contributed by atoms with van der Waals surface area (Å²) < 4.78 is 5.27. The Hall–Kier alpha value is -2.58. The van der Waals surface area contributed by atoms with Crippen molar-refractivity contribution in [2.24, 2.45) is 5.41 Å². The van der Waals surface area contributed by atoms with Gasteiger partial charge in [-0.1, -0.05) is 12.1 Å². The number of hydrogen-bond donors (Lipinski definition) is 0. The Morgan fingerprint density at radius 1 is 1.11 bits per heavy atom. The quantitative estimate of drug-likeness (QED) is 0.835. The van der Waals surface area contributed by atoms with Gasteiger partial charge in [0.1, 0.15) is 0 Å². The van der Waals surface area contributed by atoms with Crippen LogP contribution >= 0.6 is 0 Å². The van der Waals surface area contributed by atoms with Crippen LogP contribution in [-0.4, -0.2) is 41.9 Å². The van der Waals surface area contributed by atoms with Gasteiger partial charge in [-0.05, 0) is 67.5 Å². The van der Waals surface area contributed by atoms with Gasteiger partial charge in [-0.3, -0.25) is 9.69 Å². The minimum Gasteiger partial charge on any atom is -0.459 e. The second kappa shape index (κ2) is 7.58. The largest absolute Gasteiger partial charge is 0.459 e. The summed E-state index contributed by atoms with van der Waals surface area (Å²) in [6.07, 6.45) is 6.13. The molecule has 0 atom stereocenters. The van der Waals surface area contributed by atoms with Crippen molar-refractivity contribution >= 4 is 5.91 Å². The van der Waals surface area contributed by atoms with Gasteiger partial charge in [0.25, 0.3) is 5.91 Å². The number of amides is 1. The minimum absolute atomic E-state index is 0.0140. The molecule has 1 spiro atoms. The smallest absolute Gasteiger partial charge is 0.289 e. The molecule has 2 aliphatic rings. The Morgan fingerprint density at radius 3 is 2.56 bits per heavy atom. The van der Waals surface area contributed by atoms with E-state index in [1.54, 1.807) is 18.4 Å². The van der Waals surface area contributed by atoms with E-state index in [-0.39, 0.29) is 5.91 Å². The van der Waals surface area contributed by atoms with Crippen molar-refractivity contribution in [2.75, 3.05) is 26.2 Å². The molecule has 2 fully saturated rings. The number of benzene rings is 1. The molecule has 0 radical (unpaired) electrons. The molecule has 5 heteroatoms. The third-order valence-corrected chi connectivity index (χ3v) is 6.07. The molecule has 1 amide bonds. The SMILES string of the molecule is N#Cc1ccc(CN2CCCC3(CCN(C(=O)c4ccco4)CC3)C2)cc1. The van der Waals surface area contributed by atoms with E-state index < -0.39 is 0 Å². The van der Waals surface area contributed by atoms with Crippen molar-refractivity contribution < 1.29 is 9.21 Å². The average Bonchev–Trinajstić information content (AvgIpc) is 3.24. The summed E-state index contributed by atoms with van der Waals surface area (Å²) >= 11 is 0. The molecule has 0 N–H and O–H groups in total. The zero-order chi connectivity index (χ0) is 18.7. The van der Waals surface area contributed by atoms with E-state index in [0.717, 1.165) is 45.6 Å². The van der Waals surface area contributed by atoms with E-state index in [2.05, 4.69) is 23.1 Å². The van der Waals surface area contributed by atoms with Gasteiger partial charge >= 0.3 is 0 Å². The van der Waals surface area contributed by atoms with Crippen LogP contribution in [0.1, 0.15) is 47.4 Å². The van der Waals surface area contributed by atoms with Gasteiger partial charge in [0.2, 0.25) is 0 Å². The zero-order valence-electron chi connectivity index (χ0n) is 15.6. The van der Waals surface area contributed by atoms with Gasteiger partial charge in [0, 0.05) is 26.2 Å². The highest BCUT2D eigenvalue weighted by molar-refractivity contribution is 5.91. The molecule has 3 heterocycles. The van der Waals surface area contributed by atoms with Crippen LogP contribution in [0.2, 0.25) is 0 Å². The first-order valence-electron chi connectivity index (χ1n) is 9.72. The van der Waals surface area contributed by atoms with Crippen LogP contribution in [-0.2, 0) is 6.54 Å². The number of carbonyl (C=O) groups excluding carboxylic acids is 1. The van der Waals surface area contributed by atoms with Crippen LogP contribution in [0.3, 0.4) is 0 Å². The highest BCUT2D eigenvalue weighted by Gasteiger charge is 2.39. The van der Waals surface area contributed by atoms with E-state index in [0.29, 0.717) is 16.7 Å². The lowest BCUT2D eigenvalue weighted by atomic mass is 9.72. The Kier molecular flexibility index (Phi) is 5.00. The first-order chi connectivity index (χ1) is 13.2. The number of piperidine rings is 2. The van der Waals surface area contributed by atoms with Crippen molar-refractivity contribution in [3.63, 3.8) is 0 Å². The molecule has 2 aromatic rings. The van der Waals surface area contributed by atoms with Gasteiger partial charge in [-0.25, -0.2) is 0 Å². The Balaban J connectivity index is 1.35. The molecule has 0 unspecified atom stereocenters. The average molecular weight is 363 g/mol. The van der Waals surface area contributed by atoms with Crippen LogP contribution in [0, 0.1) is 16.7 Å². The number of furan rings is 1. The van der Waals surface area contributed by atoms with Crippen molar-refractivity contribution in [2.45, 2.75) is 32.2 Å². The highest BCUT2D eigenvalue weighted by Crippen LogP contribution is 2.40. The fourth-order valence-electron chi connectivity index (χ4n) is 4.54. The summed E-state index contributed by atoms with van der Waals surface area (Å²) in [7, 11) is 0. The summed E-state index contributed by atoms with van der Waals surface area (Å²) in [6.45, 7) is 4.77. The summed E-state index contributed by atoms with van der Waals surface area (Å²) in [5.74, 6) is 0.456. The maximum atomic E-state index is 12.5. The van der Waals surface area contributed by atoms with Gasteiger partial charge < -0.3 is 9.32 Å². The van der Waals surface area contributed by atoms with Crippen molar-refractivity contribution in [3.05, 3.63) is 59.5 Å². The van der Waals surface area contributed by atoms with E-state index in [9.17, 15) is 4.79 Å². The number of nitriles is 1. The Labute approximate surface area is 160 Å². The van der Waals surface area contributed by atoms with Crippen LogP contribution in [0.4, 0.5) is 0 Å². The predicted octanol–water partition coefficient (Wildman–Crippen LogP) is 3.67. The van der Waals surface area contributed by atoms with Crippen molar-refractivity contribution in [3.8, 4) is 6.07 Å². The van der Waals surface area contributed by atoms with Crippen LogP contribution in [0.15, 0.2) is 47.1 Å². The lowest BCUT2D eigenvalue weighted by molar-refractivity contribution is 0.0185. The number of carbonyl (C=O) groups is 1. The molecule has 27 heavy (non-hydrogen) atoms. The summed E-state index contributed by atoms with van der Waals surface area (Å²) in [6, 6.07) is 13.6. The molecule has 0 aliphatic carbocycles. The second-order valence-corrected chi connectivity index (χ2v) is 7.89. The number of rotatable bonds is 3. The molecule has 140 valence electrons. The molecule has 5 nitrogen and oxygen atoms in total. The molecule has 0 saturated carbocycles. The molecule has 2 aliphatic heterocycles. The van der Waals surface area contributed by atoms with E-state index >= 15 is 0 Å². The van der Waals surface area contributed by atoms with E-state index in [1.165, 1.54) is 18.4 Å². The monoisotopic (exact) mass is 363 g/mol. The maximum Gasteiger partial charge on any atom is 0.289 e. The Bertz CT molecular complexity index is 812. The topological polar surface area (TPSA) is 60.5 Å². The molecule has 0 bridgehead atoms. The maximum absolute atomic E-state index is 12.5. The van der Waals surface area contributed by atoms with E-state index in [4.69, 9.17) is 9.68 Å². The fraction of sp³-hybridized carbons (Fsp3) is 0.455. The number of likely N-dealkylation sites (tertiary alicyclic amines) is 2. The molecule has 2 saturated heterocycles. The zero-order valence-corrected chi connectivity index (χ0v) is 15.6. The summed E-state index contributed by atoms with van der Waals surface area (Å²) in [5.41, 5.74) is 2.30. The van der Waals surface area contributed by atoms with Crippen LogP contribution in [0.25, 0.3) is 0 Å². The molecular weight excluding hydrogens is 338 g/mol. The minimum atomic E-state index is 0.0140. The molecule has 1 aromatic heterocycles. The third kappa shape index (κ3) is 3.91. The van der Waals surface area contributed by atoms with Gasteiger partial charge in [-0.2, -0.15) is 5.26 Å². The molecular formula is C22H25N3O2. The van der Waals surface area contributed by atoms with E-state index in [1.807, 2.05) is 17.0 Å². The standard InChI is InChI=1S/C22H25N3O2/c23-15-18-4-6-19(7-5-18)16-24-11-2-8-22(17-24)9-12-25(13-10-22)21(26)20-3-1-14-27-20/h1,3-7,14H,2,8-13,16-17H2. The second-order valence-electron chi connectivity index (χ2n) is 7.89. The number of hydrogen-bond acceptors (Lipinski definition) is 4. The number of nitrogens with zero attached hydrogens (tertiary/aromatic N) is 3. The van der Waals surface area contributed by atoms with Crippen LogP contribution < -0.4 is 0 Å². The van der Waals surface area contributed by atoms with Gasteiger partial charge in [0.15, 0.2) is 5.76 Å². The van der Waals surface area contributed by atoms with Crippen LogP contribution in [0.5, 0.6) is 0 Å². The molecule has 1 aromatic carbocycles. The van der Waals surface area contributed by atoms with Crippen molar-refractivity contribution in [1.29, 1.82) is 5.26 Å². The normalized spacial score (nSPS) is 19.7. The molecule has 4 rings (SSSR count). The first-order valence-corrected chi connectivity index (χ1v) is 9.72. The predicted molar refractivity (Wildman–Crippen MR) is 102 cm³/mol. The fourth-order valence-corrected chi connectivity index (χ4v) is 4.54. The Morgan fingerprint density at radius 2 is 1.89 bits per heavy atom. The lowest BCUT2D eigenvalue weighted by Gasteiger charge is -2.47. The first kappa shape index (κ1) is 17.8. The van der Waals surface area contributed by atoms with Crippen molar-refractivity contribution in [1.82, 2.24) is 9.80 Å². The summed E-state index contributed by atoms with van der Waals surface area (Å²) in [5, 5.41) is 8.94. The summed E-state index contributed by atoms with van der Waals surface area (Å²) in [4.78, 5) is 17.0. The van der Waals surface area contributed by atoms with Gasteiger partial charge in [-0.15, -0.1) is 0 Å². The highest BCUT2D eigenvalue weighted by atomic mass is 16.3. The van der Waals surface area contributed by atoms with Gasteiger partial charge in [0.05, 0.1) is 17.9 Å². The lowest BCUT2D eigenvalue weighted by Crippen LogP contribution is -2.50. The third-order valence-electron chi connectivity index (χ3n) is 6.07.